The highest BCUT2D eigenvalue weighted by molar-refractivity contribution is 4.89. The number of nitrogens with one attached hydrogen (secondary N) is 1. The van der Waals surface area contributed by atoms with Crippen LogP contribution in [-0.2, 0) is 0 Å². The summed E-state index contributed by atoms with van der Waals surface area (Å²) in [6, 6.07) is 0.638. The van der Waals surface area contributed by atoms with E-state index < -0.39 is 0 Å². The molecular weight excluding hydrogens is 114 g/mol. The van der Waals surface area contributed by atoms with E-state index in [0.29, 0.717) is 6.04 Å². The first-order valence-electron chi connectivity index (χ1n) is 3.76. The molecule has 52 valence electrons. The van der Waals surface area contributed by atoms with Crippen LogP contribution in [0.2, 0.25) is 0 Å². The number of hydrogen-bond acceptors (Lipinski definition) is 2. The van der Waals surface area contributed by atoms with Crippen LogP contribution >= 0.6 is 0 Å². The first-order chi connectivity index (χ1) is 4.34. The smallest absolute Gasteiger partial charge is 0.0558 e. The minimum absolute atomic E-state index is 0.0104. The third kappa shape index (κ3) is 0.970. The predicted octanol–water partition coefficient (Wildman–Crippen LogP) is 0.119. The summed E-state index contributed by atoms with van der Waals surface area (Å²) in [4.78, 5) is 0. The van der Waals surface area contributed by atoms with E-state index >= 15 is 0 Å². The average Bonchev–Trinajstić information content (AvgIpc) is 2.11. The van der Waals surface area contributed by atoms with Crippen LogP contribution in [-0.4, -0.2) is 23.8 Å². The molecule has 1 saturated carbocycles. The molecule has 2 bridgehead atoms. The van der Waals surface area contributed by atoms with Crippen molar-refractivity contribution in [2.75, 3.05) is 6.54 Å². The van der Waals surface area contributed by atoms with Crippen LogP contribution in [0.15, 0.2) is 0 Å². The highest BCUT2D eigenvalue weighted by Crippen LogP contribution is 2.28. The van der Waals surface area contributed by atoms with Crippen LogP contribution in [0, 0.1) is 5.92 Å². The normalized spacial score (nSPS) is 49.7. The summed E-state index contributed by atoms with van der Waals surface area (Å²) in [7, 11) is 0. The molecule has 2 rings (SSSR count). The molecule has 2 heteroatoms. The molecule has 9 heavy (non-hydrogen) atoms. The maximum atomic E-state index is 9.25. The van der Waals surface area contributed by atoms with E-state index in [9.17, 15) is 5.11 Å². The van der Waals surface area contributed by atoms with Crippen LogP contribution in [0.25, 0.3) is 0 Å². The molecule has 2 N–H and O–H groups in total. The Morgan fingerprint density at radius 2 is 2.11 bits per heavy atom. The van der Waals surface area contributed by atoms with Gasteiger partial charge in [0.2, 0.25) is 0 Å². The van der Waals surface area contributed by atoms with Crippen LogP contribution < -0.4 is 5.32 Å². The average molecular weight is 127 g/mol. The Morgan fingerprint density at radius 3 is 2.89 bits per heavy atom. The molecule has 2 fully saturated rings. The minimum atomic E-state index is -0.0104. The van der Waals surface area contributed by atoms with Crippen molar-refractivity contribution < 1.29 is 5.11 Å². The number of fused-ring (bicyclic) bond motifs is 2. The lowest BCUT2D eigenvalue weighted by Crippen LogP contribution is -2.27. The van der Waals surface area contributed by atoms with Crippen LogP contribution in [0.1, 0.15) is 19.3 Å². The van der Waals surface area contributed by atoms with Gasteiger partial charge in [-0.1, -0.05) is 0 Å². The number of rotatable bonds is 0. The molecule has 3 atom stereocenters. The first kappa shape index (κ1) is 5.69. The van der Waals surface area contributed by atoms with E-state index in [-0.39, 0.29) is 6.10 Å². The van der Waals surface area contributed by atoms with Crippen LogP contribution in [0.5, 0.6) is 0 Å². The summed E-state index contributed by atoms with van der Waals surface area (Å²) >= 11 is 0. The summed E-state index contributed by atoms with van der Waals surface area (Å²) in [6.45, 7) is 1.14. The molecule has 1 aliphatic carbocycles. The largest absolute Gasteiger partial charge is 0.393 e. The molecular formula is C7H13NO. The number of aliphatic hydroxyl groups is 1. The van der Waals surface area contributed by atoms with E-state index in [1.807, 2.05) is 0 Å². The molecule has 0 amide bonds. The van der Waals surface area contributed by atoms with Gasteiger partial charge in [0.1, 0.15) is 0 Å². The van der Waals surface area contributed by atoms with Gasteiger partial charge in [0, 0.05) is 6.04 Å². The van der Waals surface area contributed by atoms with Crippen molar-refractivity contribution in [2.24, 2.45) is 5.92 Å². The second-order valence-electron chi connectivity index (χ2n) is 3.33. The Morgan fingerprint density at radius 1 is 1.22 bits per heavy atom. The molecule has 1 aliphatic heterocycles. The van der Waals surface area contributed by atoms with Gasteiger partial charge >= 0.3 is 0 Å². The van der Waals surface area contributed by atoms with Crippen molar-refractivity contribution in [2.45, 2.75) is 31.4 Å². The fraction of sp³-hybridized carbons (Fsp3) is 1.00. The summed E-state index contributed by atoms with van der Waals surface area (Å²) in [5, 5.41) is 12.6. The zero-order valence-corrected chi connectivity index (χ0v) is 5.51. The van der Waals surface area contributed by atoms with E-state index in [1.54, 1.807) is 0 Å². The highest BCUT2D eigenvalue weighted by Gasteiger charge is 2.32. The standard InChI is InChI=1S/C7H13NO/c9-7-2-5-1-6(3-7)8-4-5/h5-9H,1-4H2/t5-,6+,7-/m1/s1. The summed E-state index contributed by atoms with van der Waals surface area (Å²) in [5.74, 6) is 0.777. The third-order valence-electron chi connectivity index (χ3n) is 2.48. The first-order valence-corrected chi connectivity index (χ1v) is 3.76. The molecule has 0 radical (unpaired) electrons. The van der Waals surface area contributed by atoms with E-state index in [0.717, 1.165) is 25.3 Å². The molecule has 1 heterocycles. The van der Waals surface area contributed by atoms with Gasteiger partial charge in [-0.15, -0.1) is 0 Å². The molecule has 0 aromatic rings. The lowest BCUT2D eigenvalue weighted by Gasteiger charge is -2.22. The zero-order chi connectivity index (χ0) is 6.27. The molecule has 0 aromatic carbocycles. The summed E-state index contributed by atoms with van der Waals surface area (Å²) in [6.07, 6.45) is 3.31. The third-order valence-corrected chi connectivity index (χ3v) is 2.48. The van der Waals surface area contributed by atoms with Gasteiger partial charge in [0.25, 0.3) is 0 Å². The monoisotopic (exact) mass is 127 g/mol. The van der Waals surface area contributed by atoms with E-state index in [2.05, 4.69) is 5.32 Å². The van der Waals surface area contributed by atoms with Crippen LogP contribution in [0.4, 0.5) is 0 Å². The van der Waals surface area contributed by atoms with Gasteiger partial charge in [-0.2, -0.15) is 0 Å². The maximum absolute atomic E-state index is 9.25. The summed E-state index contributed by atoms with van der Waals surface area (Å²) < 4.78 is 0. The van der Waals surface area contributed by atoms with Gasteiger partial charge in [-0.25, -0.2) is 0 Å². The van der Waals surface area contributed by atoms with Crippen molar-refractivity contribution in [1.29, 1.82) is 0 Å². The fourth-order valence-corrected chi connectivity index (χ4v) is 2.07. The van der Waals surface area contributed by atoms with Crippen molar-refractivity contribution in [3.8, 4) is 0 Å². The Hall–Kier alpha value is -0.0800. The molecule has 0 unspecified atom stereocenters. The summed E-state index contributed by atoms with van der Waals surface area (Å²) in [5.41, 5.74) is 0. The second-order valence-corrected chi connectivity index (χ2v) is 3.33. The SMILES string of the molecule is O[C@@H]1C[C@@H]2CN[C@H](C1)C2. The van der Waals surface area contributed by atoms with Crippen molar-refractivity contribution in [3.05, 3.63) is 0 Å². The van der Waals surface area contributed by atoms with Crippen molar-refractivity contribution in [3.63, 3.8) is 0 Å². The predicted molar refractivity (Wildman–Crippen MR) is 35.1 cm³/mol. The van der Waals surface area contributed by atoms with Gasteiger partial charge < -0.3 is 10.4 Å². The Bertz CT molecular complexity index is 103. The number of hydrogen-bond donors (Lipinski definition) is 2. The van der Waals surface area contributed by atoms with Gasteiger partial charge in [-0.05, 0) is 31.7 Å². The van der Waals surface area contributed by atoms with Crippen molar-refractivity contribution in [1.82, 2.24) is 5.32 Å². The molecule has 0 aromatic heterocycles. The van der Waals surface area contributed by atoms with Gasteiger partial charge in [0.15, 0.2) is 0 Å². The van der Waals surface area contributed by atoms with E-state index in [1.165, 1.54) is 6.42 Å². The topological polar surface area (TPSA) is 32.3 Å². The minimum Gasteiger partial charge on any atom is -0.393 e. The molecule has 1 saturated heterocycles. The Kier molecular flexibility index (Phi) is 1.24. The second kappa shape index (κ2) is 1.96. The van der Waals surface area contributed by atoms with E-state index in [4.69, 9.17) is 0 Å². The molecule has 0 spiro atoms. The molecule has 2 aliphatic rings. The van der Waals surface area contributed by atoms with Crippen LogP contribution in [0.3, 0.4) is 0 Å². The lowest BCUT2D eigenvalue weighted by molar-refractivity contribution is 0.111. The van der Waals surface area contributed by atoms with Crippen molar-refractivity contribution >= 4 is 0 Å². The van der Waals surface area contributed by atoms with Gasteiger partial charge in [0.05, 0.1) is 6.10 Å². The fourth-order valence-electron chi connectivity index (χ4n) is 2.07. The van der Waals surface area contributed by atoms with Gasteiger partial charge in [-0.3, -0.25) is 0 Å². The Labute approximate surface area is 55.3 Å². The molecule has 2 nitrogen and oxygen atoms in total. The zero-order valence-electron chi connectivity index (χ0n) is 5.51. The Balaban J connectivity index is 2.03. The maximum Gasteiger partial charge on any atom is 0.0558 e. The quantitative estimate of drug-likeness (QED) is 0.484. The number of aliphatic hydroxyl groups excluding tert-OH is 1. The lowest BCUT2D eigenvalue weighted by atomic mass is 9.88. The highest BCUT2D eigenvalue weighted by atomic mass is 16.3.